The maximum atomic E-state index is 5.89. The number of hydrogen-bond donors (Lipinski definition) is 2. The van der Waals surface area contributed by atoms with Gasteiger partial charge in [-0.05, 0) is 50.3 Å². The van der Waals surface area contributed by atoms with Crippen LogP contribution in [0.2, 0.25) is 0 Å². The van der Waals surface area contributed by atoms with Crippen LogP contribution in [0.25, 0.3) is 0 Å². The van der Waals surface area contributed by atoms with Crippen LogP contribution in [-0.4, -0.2) is 17.6 Å². The maximum Gasteiger partial charge on any atom is 0.0541 e. The Balaban J connectivity index is 1.65. The molecule has 1 aliphatic rings. The predicted molar refractivity (Wildman–Crippen MR) is 65.9 cm³/mol. The van der Waals surface area contributed by atoms with E-state index < -0.39 is 0 Å². The molecule has 0 unspecified atom stereocenters. The number of hydrogen-bond acceptors (Lipinski definition) is 3. The van der Waals surface area contributed by atoms with Crippen molar-refractivity contribution in [2.45, 2.75) is 38.3 Å². The van der Waals surface area contributed by atoms with Crippen LogP contribution in [0.5, 0.6) is 0 Å². The lowest BCUT2D eigenvalue weighted by molar-refractivity contribution is 0.314. The van der Waals surface area contributed by atoms with Gasteiger partial charge in [-0.15, -0.1) is 0 Å². The van der Waals surface area contributed by atoms with Crippen LogP contribution in [0.4, 0.5) is 0 Å². The molecule has 0 radical (unpaired) electrons. The summed E-state index contributed by atoms with van der Waals surface area (Å²) in [5.74, 6) is 0.809. The van der Waals surface area contributed by atoms with E-state index in [4.69, 9.17) is 5.73 Å². The fourth-order valence-corrected chi connectivity index (χ4v) is 2.30. The topological polar surface area (TPSA) is 50.9 Å². The summed E-state index contributed by atoms with van der Waals surface area (Å²) in [6.45, 7) is 1.98. The van der Waals surface area contributed by atoms with E-state index in [1.54, 1.807) is 0 Å². The molecule has 0 bridgehead atoms. The first-order valence-electron chi connectivity index (χ1n) is 6.21. The SMILES string of the molecule is NC1CCC(CNCc2ccccn2)CC1. The van der Waals surface area contributed by atoms with Gasteiger partial charge < -0.3 is 11.1 Å². The van der Waals surface area contributed by atoms with Gasteiger partial charge in [0, 0.05) is 18.8 Å². The molecule has 16 heavy (non-hydrogen) atoms. The second kappa shape index (κ2) is 5.97. The molecule has 0 amide bonds. The van der Waals surface area contributed by atoms with Crippen LogP contribution < -0.4 is 11.1 Å². The lowest BCUT2D eigenvalue weighted by atomic mass is 9.86. The normalized spacial score (nSPS) is 25.6. The molecule has 1 saturated carbocycles. The molecular formula is C13H21N3. The lowest BCUT2D eigenvalue weighted by Crippen LogP contribution is -2.31. The van der Waals surface area contributed by atoms with Gasteiger partial charge in [-0.1, -0.05) is 6.07 Å². The molecule has 3 nitrogen and oxygen atoms in total. The quantitative estimate of drug-likeness (QED) is 0.810. The van der Waals surface area contributed by atoms with Gasteiger partial charge in [0.15, 0.2) is 0 Å². The first kappa shape index (κ1) is 11.6. The Labute approximate surface area is 97.5 Å². The summed E-state index contributed by atoms with van der Waals surface area (Å²) >= 11 is 0. The monoisotopic (exact) mass is 219 g/mol. The Morgan fingerprint density at radius 1 is 1.25 bits per heavy atom. The minimum absolute atomic E-state index is 0.451. The van der Waals surface area contributed by atoms with Crippen molar-refractivity contribution in [3.8, 4) is 0 Å². The van der Waals surface area contributed by atoms with E-state index in [-0.39, 0.29) is 0 Å². The second-order valence-corrected chi connectivity index (χ2v) is 4.73. The highest BCUT2D eigenvalue weighted by Gasteiger charge is 2.17. The fraction of sp³-hybridized carbons (Fsp3) is 0.615. The molecule has 1 aliphatic carbocycles. The molecule has 0 spiro atoms. The highest BCUT2D eigenvalue weighted by Crippen LogP contribution is 2.22. The smallest absolute Gasteiger partial charge is 0.0541 e. The van der Waals surface area contributed by atoms with Crippen molar-refractivity contribution in [2.75, 3.05) is 6.54 Å². The summed E-state index contributed by atoms with van der Waals surface area (Å²) in [6, 6.07) is 6.49. The Morgan fingerprint density at radius 3 is 2.75 bits per heavy atom. The lowest BCUT2D eigenvalue weighted by Gasteiger charge is -2.26. The van der Waals surface area contributed by atoms with Gasteiger partial charge in [0.1, 0.15) is 0 Å². The molecule has 0 aromatic carbocycles. The molecule has 1 heterocycles. The van der Waals surface area contributed by atoms with Gasteiger partial charge in [0.25, 0.3) is 0 Å². The molecule has 3 N–H and O–H groups in total. The molecule has 1 aromatic heterocycles. The van der Waals surface area contributed by atoms with Crippen LogP contribution in [0.1, 0.15) is 31.4 Å². The minimum Gasteiger partial charge on any atom is -0.328 e. The van der Waals surface area contributed by atoms with Gasteiger partial charge in [0.2, 0.25) is 0 Å². The largest absolute Gasteiger partial charge is 0.328 e. The van der Waals surface area contributed by atoms with Crippen molar-refractivity contribution >= 4 is 0 Å². The zero-order valence-corrected chi connectivity index (χ0v) is 9.73. The summed E-state index contributed by atoms with van der Waals surface area (Å²) < 4.78 is 0. The van der Waals surface area contributed by atoms with Gasteiger partial charge in [-0.25, -0.2) is 0 Å². The molecule has 0 aliphatic heterocycles. The summed E-state index contributed by atoms with van der Waals surface area (Å²) in [5, 5.41) is 3.48. The number of rotatable bonds is 4. The average Bonchev–Trinajstić information content (AvgIpc) is 2.33. The van der Waals surface area contributed by atoms with Crippen molar-refractivity contribution in [1.29, 1.82) is 0 Å². The van der Waals surface area contributed by atoms with Crippen LogP contribution >= 0.6 is 0 Å². The van der Waals surface area contributed by atoms with Gasteiger partial charge >= 0.3 is 0 Å². The van der Waals surface area contributed by atoms with E-state index in [0.717, 1.165) is 24.7 Å². The number of aromatic nitrogens is 1. The van der Waals surface area contributed by atoms with Gasteiger partial charge in [0.05, 0.1) is 5.69 Å². The molecule has 0 atom stereocenters. The van der Waals surface area contributed by atoms with Gasteiger partial charge in [-0.2, -0.15) is 0 Å². The summed E-state index contributed by atoms with van der Waals surface area (Å²) in [7, 11) is 0. The van der Waals surface area contributed by atoms with Crippen molar-refractivity contribution in [3.05, 3.63) is 30.1 Å². The average molecular weight is 219 g/mol. The third-order valence-corrected chi connectivity index (χ3v) is 3.36. The highest BCUT2D eigenvalue weighted by atomic mass is 14.9. The van der Waals surface area contributed by atoms with Crippen LogP contribution in [0, 0.1) is 5.92 Å². The zero-order chi connectivity index (χ0) is 11.2. The van der Waals surface area contributed by atoms with Crippen LogP contribution in [0.15, 0.2) is 24.4 Å². The number of nitrogens with two attached hydrogens (primary N) is 1. The first-order chi connectivity index (χ1) is 7.84. The molecule has 1 aromatic rings. The van der Waals surface area contributed by atoms with Crippen molar-refractivity contribution in [1.82, 2.24) is 10.3 Å². The molecule has 2 rings (SSSR count). The number of nitrogens with one attached hydrogen (secondary N) is 1. The van der Waals surface area contributed by atoms with Crippen molar-refractivity contribution < 1.29 is 0 Å². The third-order valence-electron chi connectivity index (χ3n) is 3.36. The molecule has 1 fully saturated rings. The summed E-state index contributed by atoms with van der Waals surface area (Å²) in [5.41, 5.74) is 7.01. The zero-order valence-electron chi connectivity index (χ0n) is 9.73. The molecule has 88 valence electrons. The Kier molecular flexibility index (Phi) is 4.31. The Hall–Kier alpha value is -0.930. The fourth-order valence-electron chi connectivity index (χ4n) is 2.30. The van der Waals surface area contributed by atoms with Crippen molar-refractivity contribution in [3.63, 3.8) is 0 Å². The third kappa shape index (κ3) is 3.58. The number of pyridine rings is 1. The first-order valence-corrected chi connectivity index (χ1v) is 6.21. The second-order valence-electron chi connectivity index (χ2n) is 4.73. The van der Waals surface area contributed by atoms with E-state index in [2.05, 4.69) is 16.4 Å². The van der Waals surface area contributed by atoms with Crippen LogP contribution in [0.3, 0.4) is 0 Å². The van der Waals surface area contributed by atoms with E-state index >= 15 is 0 Å². The maximum absolute atomic E-state index is 5.89. The minimum atomic E-state index is 0.451. The van der Waals surface area contributed by atoms with E-state index in [9.17, 15) is 0 Å². The van der Waals surface area contributed by atoms with Gasteiger partial charge in [-0.3, -0.25) is 4.98 Å². The summed E-state index contributed by atoms with van der Waals surface area (Å²) in [4.78, 5) is 4.29. The predicted octanol–water partition coefficient (Wildman–Crippen LogP) is 1.69. The van der Waals surface area contributed by atoms with E-state index in [1.165, 1.54) is 25.7 Å². The Morgan fingerprint density at radius 2 is 2.06 bits per heavy atom. The highest BCUT2D eigenvalue weighted by molar-refractivity contribution is 5.02. The summed E-state index contributed by atoms with van der Waals surface area (Å²) in [6.07, 6.45) is 6.77. The Bertz CT molecular complexity index is 291. The molecule has 3 heteroatoms. The standard InChI is InChI=1S/C13H21N3/c14-12-6-4-11(5-7-12)9-15-10-13-3-1-2-8-16-13/h1-3,8,11-12,15H,4-7,9-10,14H2. The molecule has 0 saturated heterocycles. The number of nitrogens with zero attached hydrogens (tertiary/aromatic N) is 1. The van der Waals surface area contributed by atoms with Crippen LogP contribution in [-0.2, 0) is 6.54 Å². The van der Waals surface area contributed by atoms with Crippen molar-refractivity contribution in [2.24, 2.45) is 11.7 Å². The van der Waals surface area contributed by atoms with E-state index in [1.807, 2.05) is 18.3 Å². The molecular weight excluding hydrogens is 198 g/mol. The van der Waals surface area contributed by atoms with E-state index in [0.29, 0.717) is 6.04 Å².